The first kappa shape index (κ1) is 15.9. The molecule has 0 radical (unpaired) electrons. The molecule has 2 aromatic rings. The lowest BCUT2D eigenvalue weighted by Gasteiger charge is -2.21. The Kier molecular flexibility index (Phi) is 4.98. The maximum absolute atomic E-state index is 12.3. The number of nitrogens with zero attached hydrogens (tertiary/aromatic N) is 2. The topological polar surface area (TPSA) is 58.2 Å². The van der Waals surface area contributed by atoms with Crippen molar-refractivity contribution >= 4 is 52.4 Å². The maximum atomic E-state index is 12.3. The molecule has 21 heavy (non-hydrogen) atoms. The minimum absolute atomic E-state index is 0.354. The monoisotopic (exact) mass is 347 g/mol. The lowest BCUT2D eigenvalue weighted by atomic mass is 10.2. The number of hydrogen-bond acceptors (Lipinski definition) is 3. The minimum atomic E-state index is -1.66. The van der Waals surface area contributed by atoms with Crippen molar-refractivity contribution < 1.29 is 9.53 Å². The number of anilines is 2. The molecule has 0 aliphatic carbocycles. The first-order valence-electron chi connectivity index (χ1n) is 5.96. The van der Waals surface area contributed by atoms with Gasteiger partial charge in [-0.05, 0) is 19.1 Å². The Hall–Kier alpha value is -1.43. The fraction of sp³-hybridized carbons (Fsp3) is 0.231. The van der Waals surface area contributed by atoms with Gasteiger partial charge >= 0.3 is 6.09 Å². The van der Waals surface area contributed by atoms with Crippen molar-refractivity contribution in [3.8, 4) is 0 Å². The van der Waals surface area contributed by atoms with Gasteiger partial charge in [-0.25, -0.2) is 9.69 Å². The number of aryl methyl sites for hydroxylation is 1. The van der Waals surface area contributed by atoms with Crippen LogP contribution in [0.2, 0.25) is 0 Å². The number of amides is 1. The minimum Gasteiger partial charge on any atom is -0.444 e. The van der Waals surface area contributed by atoms with E-state index in [1.807, 2.05) is 19.1 Å². The number of benzene rings is 1. The van der Waals surface area contributed by atoms with E-state index in [2.05, 4.69) is 10.2 Å². The zero-order valence-corrected chi connectivity index (χ0v) is 13.3. The van der Waals surface area contributed by atoms with Crippen LogP contribution in [0.4, 0.5) is 16.3 Å². The third kappa shape index (κ3) is 4.52. The zero-order valence-electron chi connectivity index (χ0n) is 11.0. The molecule has 0 spiro atoms. The van der Waals surface area contributed by atoms with E-state index in [1.54, 1.807) is 18.2 Å². The largest absolute Gasteiger partial charge is 0.444 e. The summed E-state index contributed by atoms with van der Waals surface area (Å²) in [5.74, 6) is 0.452. The Morgan fingerprint density at radius 3 is 2.48 bits per heavy atom. The summed E-state index contributed by atoms with van der Waals surface area (Å²) in [4.78, 5) is 13.6. The molecule has 1 heterocycles. The molecule has 0 saturated heterocycles. The van der Waals surface area contributed by atoms with Gasteiger partial charge in [0.1, 0.15) is 12.4 Å². The number of carbonyl (C=O) groups excluding carboxylic acids is 1. The zero-order chi connectivity index (χ0) is 15.5. The van der Waals surface area contributed by atoms with E-state index in [0.29, 0.717) is 11.5 Å². The fourth-order valence-electron chi connectivity index (χ4n) is 1.62. The predicted octanol–water partition coefficient (Wildman–Crippen LogP) is 4.36. The van der Waals surface area contributed by atoms with Crippen LogP contribution in [0.5, 0.6) is 0 Å². The van der Waals surface area contributed by atoms with E-state index in [4.69, 9.17) is 39.5 Å². The summed E-state index contributed by atoms with van der Waals surface area (Å²) in [6.07, 6.45) is 0.855. The highest BCUT2D eigenvalue weighted by atomic mass is 35.6. The molecule has 0 aliphatic heterocycles. The summed E-state index contributed by atoms with van der Waals surface area (Å²) in [7, 11) is 0. The van der Waals surface area contributed by atoms with Crippen molar-refractivity contribution in [1.29, 1.82) is 0 Å². The van der Waals surface area contributed by atoms with Crippen LogP contribution in [0.3, 0.4) is 0 Å². The number of ether oxygens (including phenoxy) is 1. The Morgan fingerprint density at radius 1 is 1.29 bits per heavy atom. The number of H-pyrrole nitrogens is 1. The Balaban J connectivity index is 2.25. The van der Waals surface area contributed by atoms with Crippen LogP contribution >= 0.6 is 34.8 Å². The van der Waals surface area contributed by atoms with Crippen molar-refractivity contribution in [2.24, 2.45) is 0 Å². The van der Waals surface area contributed by atoms with Crippen LogP contribution in [-0.4, -0.2) is 26.7 Å². The first-order valence-corrected chi connectivity index (χ1v) is 7.10. The first-order chi connectivity index (χ1) is 9.87. The average molecular weight is 349 g/mol. The third-order valence-corrected chi connectivity index (χ3v) is 2.89. The quantitative estimate of drug-likeness (QED) is 0.838. The lowest BCUT2D eigenvalue weighted by Crippen LogP contribution is -2.30. The van der Waals surface area contributed by atoms with Crippen LogP contribution in [0.25, 0.3) is 0 Å². The fourth-order valence-corrected chi connectivity index (χ4v) is 1.78. The molecule has 1 aromatic carbocycles. The summed E-state index contributed by atoms with van der Waals surface area (Å²) < 4.78 is 3.36. The van der Waals surface area contributed by atoms with Gasteiger partial charge in [-0.15, -0.1) is 0 Å². The molecule has 0 saturated carbocycles. The Labute approximate surface area is 136 Å². The van der Waals surface area contributed by atoms with Gasteiger partial charge in [-0.2, -0.15) is 5.10 Å². The molecular weight excluding hydrogens is 337 g/mol. The molecular formula is C13H12Cl3N3O2. The Bertz CT molecular complexity index is 594. The smallest absolute Gasteiger partial charge is 0.420 e. The molecule has 0 fully saturated rings. The molecule has 112 valence electrons. The van der Waals surface area contributed by atoms with Gasteiger partial charge in [0.25, 0.3) is 0 Å². The van der Waals surface area contributed by atoms with Crippen molar-refractivity contribution in [3.05, 3.63) is 42.1 Å². The van der Waals surface area contributed by atoms with Crippen molar-refractivity contribution in [2.45, 2.75) is 10.7 Å². The highest BCUT2D eigenvalue weighted by Gasteiger charge is 2.26. The second-order valence-corrected chi connectivity index (χ2v) is 6.80. The molecule has 0 unspecified atom stereocenters. The highest BCUT2D eigenvalue weighted by molar-refractivity contribution is 6.67. The van der Waals surface area contributed by atoms with E-state index in [-0.39, 0.29) is 6.61 Å². The van der Waals surface area contributed by atoms with Crippen LogP contribution < -0.4 is 4.90 Å². The predicted molar refractivity (Wildman–Crippen MR) is 83.5 cm³/mol. The molecule has 0 aliphatic rings. The molecule has 1 amide bonds. The van der Waals surface area contributed by atoms with Crippen molar-refractivity contribution in [1.82, 2.24) is 10.2 Å². The summed E-state index contributed by atoms with van der Waals surface area (Å²) in [5, 5.41) is 6.53. The van der Waals surface area contributed by atoms with Gasteiger partial charge in [0.2, 0.25) is 3.79 Å². The van der Waals surface area contributed by atoms with E-state index >= 15 is 0 Å². The summed E-state index contributed by atoms with van der Waals surface area (Å²) in [5.41, 5.74) is 1.68. The number of carbonyl (C=O) groups is 1. The van der Waals surface area contributed by atoms with Crippen LogP contribution in [0.15, 0.2) is 36.5 Å². The average Bonchev–Trinajstić information content (AvgIpc) is 2.92. The van der Waals surface area contributed by atoms with E-state index in [9.17, 15) is 4.79 Å². The summed E-state index contributed by atoms with van der Waals surface area (Å²) in [6.45, 7) is 1.60. The molecule has 0 atom stereocenters. The molecule has 0 bridgehead atoms. The highest BCUT2D eigenvalue weighted by Crippen LogP contribution is 2.28. The maximum Gasteiger partial charge on any atom is 0.420 e. The standard InChI is InChI=1S/C13H12Cl3N3O2/c1-9-2-4-10(5-3-9)19(11-6-7-17-18-11)12(20)21-8-13(14,15)16/h2-7H,8H2,1H3,(H,17,18). The molecule has 1 aromatic heterocycles. The van der Waals surface area contributed by atoms with E-state index < -0.39 is 9.89 Å². The number of alkyl halides is 3. The van der Waals surface area contributed by atoms with E-state index in [0.717, 1.165) is 5.56 Å². The second kappa shape index (κ2) is 6.56. The Morgan fingerprint density at radius 2 is 1.95 bits per heavy atom. The second-order valence-electron chi connectivity index (χ2n) is 4.28. The van der Waals surface area contributed by atoms with Crippen molar-refractivity contribution in [2.75, 3.05) is 11.5 Å². The van der Waals surface area contributed by atoms with Gasteiger partial charge < -0.3 is 4.74 Å². The van der Waals surface area contributed by atoms with Crippen LogP contribution in [0.1, 0.15) is 5.56 Å². The summed E-state index contributed by atoms with van der Waals surface area (Å²) in [6, 6.07) is 8.96. The van der Waals surface area contributed by atoms with Gasteiger partial charge in [0.15, 0.2) is 0 Å². The lowest BCUT2D eigenvalue weighted by molar-refractivity contribution is 0.158. The van der Waals surface area contributed by atoms with Crippen molar-refractivity contribution in [3.63, 3.8) is 0 Å². The van der Waals surface area contributed by atoms with Crippen LogP contribution in [0, 0.1) is 6.92 Å². The SMILES string of the molecule is Cc1ccc(N(C(=O)OCC(Cl)(Cl)Cl)c2ccn[nH]2)cc1. The molecule has 8 heteroatoms. The van der Waals surface area contributed by atoms with Gasteiger partial charge in [0, 0.05) is 6.07 Å². The molecule has 5 nitrogen and oxygen atoms in total. The number of hydrogen-bond donors (Lipinski definition) is 1. The van der Waals surface area contributed by atoms with Gasteiger partial charge in [-0.3, -0.25) is 5.10 Å². The third-order valence-electron chi connectivity index (χ3n) is 2.56. The van der Waals surface area contributed by atoms with Gasteiger partial charge in [-0.1, -0.05) is 52.5 Å². The normalized spacial score (nSPS) is 11.2. The number of halogens is 3. The summed E-state index contributed by atoms with van der Waals surface area (Å²) >= 11 is 16.8. The number of nitrogens with one attached hydrogen (secondary N) is 1. The number of aromatic nitrogens is 2. The van der Waals surface area contributed by atoms with Gasteiger partial charge in [0.05, 0.1) is 11.9 Å². The molecule has 1 N–H and O–H groups in total. The van der Waals surface area contributed by atoms with Crippen LogP contribution in [-0.2, 0) is 4.74 Å². The number of aromatic amines is 1. The number of rotatable bonds is 3. The van der Waals surface area contributed by atoms with E-state index in [1.165, 1.54) is 11.1 Å². The molecule has 2 rings (SSSR count).